The molecule has 3 N–H and O–H groups in total. The summed E-state index contributed by atoms with van der Waals surface area (Å²) in [6.45, 7) is 4.72. The van der Waals surface area contributed by atoms with Gasteiger partial charge in [0.15, 0.2) is 5.96 Å². The summed E-state index contributed by atoms with van der Waals surface area (Å²) in [7, 11) is 6.00. The summed E-state index contributed by atoms with van der Waals surface area (Å²) in [6, 6.07) is 0.165. The molecule has 1 atom stereocenters. The number of nitrogens with one attached hydrogen (secondary N) is 3. The first kappa shape index (κ1) is 19.2. The second-order valence-corrected chi connectivity index (χ2v) is 6.64. The fourth-order valence-corrected chi connectivity index (χ4v) is 2.56. The third-order valence-electron chi connectivity index (χ3n) is 4.16. The molecule has 1 aliphatic carbocycles. The van der Waals surface area contributed by atoms with Gasteiger partial charge in [-0.25, -0.2) is 0 Å². The average Bonchev–Trinajstić information content (AvgIpc) is 3.33. The predicted molar refractivity (Wildman–Crippen MR) is 99.4 cm³/mol. The Kier molecular flexibility index (Phi) is 7.24. The fourth-order valence-electron chi connectivity index (χ4n) is 2.56. The van der Waals surface area contributed by atoms with E-state index >= 15 is 0 Å². The maximum absolute atomic E-state index is 11.6. The highest BCUT2D eigenvalue weighted by Gasteiger charge is 2.28. The molecule has 8 heteroatoms. The van der Waals surface area contributed by atoms with Crippen molar-refractivity contribution >= 4 is 11.9 Å². The van der Waals surface area contributed by atoms with Gasteiger partial charge in [0.1, 0.15) is 0 Å². The normalized spacial score (nSPS) is 16.0. The van der Waals surface area contributed by atoms with E-state index in [9.17, 15) is 4.79 Å². The van der Waals surface area contributed by atoms with E-state index in [2.05, 4.69) is 30.9 Å². The summed E-state index contributed by atoms with van der Waals surface area (Å²) >= 11 is 0. The van der Waals surface area contributed by atoms with Crippen molar-refractivity contribution < 1.29 is 4.79 Å². The average molecular weight is 349 g/mol. The zero-order valence-electron chi connectivity index (χ0n) is 15.7. The maximum Gasteiger partial charge on any atom is 0.223 e. The topological polar surface area (TPSA) is 86.6 Å². The zero-order valence-corrected chi connectivity index (χ0v) is 15.7. The molecule has 1 saturated carbocycles. The van der Waals surface area contributed by atoms with Gasteiger partial charge in [0, 0.05) is 44.4 Å². The number of aliphatic imine (C=N–C) groups is 1. The number of guanidine groups is 1. The maximum atomic E-state index is 11.6. The van der Waals surface area contributed by atoms with Crippen LogP contribution < -0.4 is 16.0 Å². The highest BCUT2D eigenvalue weighted by Crippen LogP contribution is 2.28. The monoisotopic (exact) mass is 349 g/mol. The SMILES string of the molecule is CCNC(=NCC(c1cnn(C)c1)N(C)C)NCCNC(=O)C1CC1. The van der Waals surface area contributed by atoms with Gasteiger partial charge in [-0.3, -0.25) is 14.5 Å². The van der Waals surface area contributed by atoms with Gasteiger partial charge < -0.3 is 20.9 Å². The molecule has 0 saturated heterocycles. The molecule has 1 aliphatic rings. The van der Waals surface area contributed by atoms with Crippen molar-refractivity contribution in [2.75, 3.05) is 40.3 Å². The molecule has 0 spiro atoms. The first-order valence-corrected chi connectivity index (χ1v) is 8.96. The highest BCUT2D eigenvalue weighted by atomic mass is 16.2. The van der Waals surface area contributed by atoms with Crippen molar-refractivity contribution in [1.29, 1.82) is 0 Å². The summed E-state index contributed by atoms with van der Waals surface area (Å²) in [5, 5.41) is 13.7. The summed E-state index contributed by atoms with van der Waals surface area (Å²) < 4.78 is 1.81. The van der Waals surface area contributed by atoms with Gasteiger partial charge in [0.25, 0.3) is 0 Å². The molecule has 25 heavy (non-hydrogen) atoms. The molecule has 1 aromatic heterocycles. The van der Waals surface area contributed by atoms with E-state index in [4.69, 9.17) is 0 Å². The molecule has 0 aliphatic heterocycles. The van der Waals surface area contributed by atoms with Crippen LogP contribution in [0.2, 0.25) is 0 Å². The van der Waals surface area contributed by atoms with Crippen molar-refractivity contribution in [2.45, 2.75) is 25.8 Å². The number of rotatable bonds is 9. The van der Waals surface area contributed by atoms with Gasteiger partial charge in [-0.1, -0.05) is 0 Å². The number of carbonyl (C=O) groups excluding carboxylic acids is 1. The molecule has 1 fully saturated rings. The molecule has 140 valence electrons. The Morgan fingerprint density at radius 3 is 2.64 bits per heavy atom. The Morgan fingerprint density at radius 2 is 2.08 bits per heavy atom. The van der Waals surface area contributed by atoms with Crippen LogP contribution >= 0.6 is 0 Å². The molecule has 2 rings (SSSR count). The molecule has 1 amide bonds. The lowest BCUT2D eigenvalue weighted by atomic mass is 10.1. The number of likely N-dealkylation sites (N-methyl/N-ethyl adjacent to an activating group) is 1. The molecule has 8 nitrogen and oxygen atoms in total. The largest absolute Gasteiger partial charge is 0.357 e. The van der Waals surface area contributed by atoms with E-state index in [0.29, 0.717) is 19.6 Å². The van der Waals surface area contributed by atoms with Crippen molar-refractivity contribution in [3.63, 3.8) is 0 Å². The number of amides is 1. The van der Waals surface area contributed by atoms with E-state index in [1.165, 1.54) is 0 Å². The predicted octanol–water partition coefficient (Wildman–Crippen LogP) is 0.104. The minimum atomic E-state index is 0.165. The van der Waals surface area contributed by atoms with Crippen LogP contribution in [0.4, 0.5) is 0 Å². The molecule has 1 heterocycles. The van der Waals surface area contributed by atoms with Crippen molar-refractivity contribution in [3.8, 4) is 0 Å². The standard InChI is InChI=1S/C17H31N7O/c1-5-18-17(20-9-8-19-16(25)13-6-7-13)21-11-15(23(2)3)14-10-22-24(4)12-14/h10,12-13,15H,5-9,11H2,1-4H3,(H,19,25)(H2,18,20,21). The van der Waals surface area contributed by atoms with Crippen LogP contribution in [0.15, 0.2) is 17.4 Å². The van der Waals surface area contributed by atoms with E-state index in [1.807, 2.05) is 45.1 Å². The lowest BCUT2D eigenvalue weighted by Gasteiger charge is -2.22. The quantitative estimate of drug-likeness (QED) is 0.335. The first-order valence-electron chi connectivity index (χ1n) is 8.96. The van der Waals surface area contributed by atoms with E-state index in [-0.39, 0.29) is 17.9 Å². The Balaban J connectivity index is 1.84. The summed E-state index contributed by atoms with van der Waals surface area (Å²) in [5.74, 6) is 1.19. The van der Waals surface area contributed by atoms with Crippen LogP contribution in [0.3, 0.4) is 0 Å². The van der Waals surface area contributed by atoms with E-state index in [1.54, 1.807) is 0 Å². The molecule has 1 unspecified atom stereocenters. The number of aryl methyl sites for hydroxylation is 1. The second kappa shape index (κ2) is 9.41. The molecule has 0 bridgehead atoms. The zero-order chi connectivity index (χ0) is 18.2. The molecule has 1 aromatic rings. The fraction of sp³-hybridized carbons (Fsp3) is 0.706. The lowest BCUT2D eigenvalue weighted by molar-refractivity contribution is -0.122. The van der Waals surface area contributed by atoms with Crippen LogP contribution in [0, 0.1) is 5.92 Å². The van der Waals surface area contributed by atoms with Gasteiger partial charge in [0.05, 0.1) is 18.8 Å². The number of aromatic nitrogens is 2. The Labute approximate surface area is 150 Å². The summed E-state index contributed by atoms with van der Waals surface area (Å²) in [4.78, 5) is 18.5. The van der Waals surface area contributed by atoms with Crippen LogP contribution in [0.1, 0.15) is 31.4 Å². The smallest absolute Gasteiger partial charge is 0.223 e. The minimum absolute atomic E-state index is 0.165. The second-order valence-electron chi connectivity index (χ2n) is 6.64. The lowest BCUT2D eigenvalue weighted by Crippen LogP contribution is -2.42. The van der Waals surface area contributed by atoms with Gasteiger partial charge in [-0.2, -0.15) is 5.10 Å². The molecular formula is C17H31N7O. The third-order valence-corrected chi connectivity index (χ3v) is 4.16. The van der Waals surface area contributed by atoms with Crippen LogP contribution in [-0.2, 0) is 11.8 Å². The van der Waals surface area contributed by atoms with Gasteiger partial charge >= 0.3 is 0 Å². The third kappa shape index (κ3) is 6.38. The van der Waals surface area contributed by atoms with Gasteiger partial charge in [-0.15, -0.1) is 0 Å². The van der Waals surface area contributed by atoms with Gasteiger partial charge in [0.2, 0.25) is 5.91 Å². The minimum Gasteiger partial charge on any atom is -0.357 e. The first-order chi connectivity index (χ1) is 12.0. The van der Waals surface area contributed by atoms with Crippen molar-refractivity contribution in [1.82, 2.24) is 30.6 Å². The molecule has 0 radical (unpaired) electrons. The van der Waals surface area contributed by atoms with E-state index in [0.717, 1.165) is 30.9 Å². The number of hydrogen-bond donors (Lipinski definition) is 3. The summed E-state index contributed by atoms with van der Waals surface area (Å²) in [6.07, 6.45) is 5.97. The number of carbonyl (C=O) groups is 1. The highest BCUT2D eigenvalue weighted by molar-refractivity contribution is 5.81. The van der Waals surface area contributed by atoms with Crippen LogP contribution in [-0.4, -0.2) is 66.8 Å². The number of hydrogen-bond acceptors (Lipinski definition) is 4. The van der Waals surface area contributed by atoms with Crippen LogP contribution in [0.5, 0.6) is 0 Å². The van der Waals surface area contributed by atoms with E-state index < -0.39 is 0 Å². The van der Waals surface area contributed by atoms with Crippen LogP contribution in [0.25, 0.3) is 0 Å². The van der Waals surface area contributed by atoms with Gasteiger partial charge in [-0.05, 0) is 33.9 Å². The molecule has 0 aromatic carbocycles. The van der Waals surface area contributed by atoms with Crippen molar-refractivity contribution in [2.24, 2.45) is 18.0 Å². The van der Waals surface area contributed by atoms with Crippen molar-refractivity contribution in [3.05, 3.63) is 18.0 Å². The number of nitrogens with zero attached hydrogens (tertiary/aromatic N) is 4. The summed E-state index contributed by atoms with van der Waals surface area (Å²) in [5.41, 5.74) is 1.14. The Bertz CT molecular complexity index is 577. The Hall–Kier alpha value is -2.09. The Morgan fingerprint density at radius 1 is 1.36 bits per heavy atom. The molecular weight excluding hydrogens is 318 g/mol.